The van der Waals surface area contributed by atoms with Crippen LogP contribution in [0.3, 0.4) is 0 Å². The van der Waals surface area contributed by atoms with Crippen LogP contribution in [-0.4, -0.2) is 75.6 Å². The molecule has 2 heterocycles. The number of aryl methyl sites for hydroxylation is 1. The molecule has 32 heavy (non-hydrogen) atoms. The van der Waals surface area contributed by atoms with Gasteiger partial charge in [-0.05, 0) is 30.7 Å². The molecule has 0 bridgehead atoms. The number of amides is 2. The Morgan fingerprint density at radius 1 is 1.16 bits per heavy atom. The monoisotopic (exact) mass is 435 g/mol. The molecule has 168 valence electrons. The number of hydrogen-bond acceptors (Lipinski definition) is 5. The minimum atomic E-state index is -0.561. The van der Waals surface area contributed by atoms with Gasteiger partial charge in [0.05, 0.1) is 17.6 Å². The molecule has 0 spiro atoms. The molecule has 1 aliphatic heterocycles. The van der Waals surface area contributed by atoms with E-state index in [4.69, 9.17) is 0 Å². The lowest BCUT2D eigenvalue weighted by Crippen LogP contribution is -2.60. The molecular weight excluding hydrogens is 406 g/mol. The summed E-state index contributed by atoms with van der Waals surface area (Å²) < 4.78 is 1.93. The third kappa shape index (κ3) is 4.37. The molecule has 8 nitrogen and oxygen atoms in total. The Labute approximate surface area is 187 Å². The summed E-state index contributed by atoms with van der Waals surface area (Å²) in [6.07, 6.45) is 0. The molecule has 0 saturated carbocycles. The van der Waals surface area contributed by atoms with Crippen molar-refractivity contribution >= 4 is 22.8 Å². The highest BCUT2D eigenvalue weighted by atomic mass is 16.3. The number of nitrogens with one attached hydrogen (secondary N) is 1. The van der Waals surface area contributed by atoms with Crippen LogP contribution in [0.2, 0.25) is 0 Å². The SMILES string of the molecule is CNC(=O)C1CN(Cc2ccccc2)CCN1C(=O)c1ccc2c(c1)nc(C)n2CCO. The summed E-state index contributed by atoms with van der Waals surface area (Å²) in [5.74, 6) is 0.450. The predicted octanol–water partition coefficient (Wildman–Crippen LogP) is 1.41. The maximum atomic E-state index is 13.4. The van der Waals surface area contributed by atoms with Crippen molar-refractivity contribution in [2.75, 3.05) is 33.3 Å². The molecule has 1 fully saturated rings. The van der Waals surface area contributed by atoms with Crippen LogP contribution in [0.1, 0.15) is 21.7 Å². The van der Waals surface area contributed by atoms with Crippen molar-refractivity contribution in [3.05, 3.63) is 65.5 Å². The van der Waals surface area contributed by atoms with Gasteiger partial charge in [0.15, 0.2) is 0 Å². The fourth-order valence-corrected chi connectivity index (χ4v) is 4.39. The summed E-state index contributed by atoms with van der Waals surface area (Å²) in [5.41, 5.74) is 3.28. The fourth-order valence-electron chi connectivity index (χ4n) is 4.39. The number of carbonyl (C=O) groups excluding carboxylic acids is 2. The predicted molar refractivity (Wildman–Crippen MR) is 122 cm³/mol. The number of fused-ring (bicyclic) bond motifs is 1. The largest absolute Gasteiger partial charge is 0.395 e. The topological polar surface area (TPSA) is 90.7 Å². The summed E-state index contributed by atoms with van der Waals surface area (Å²) in [6, 6.07) is 15.0. The first-order valence-electron chi connectivity index (χ1n) is 10.9. The lowest BCUT2D eigenvalue weighted by atomic mass is 10.1. The van der Waals surface area contributed by atoms with E-state index in [2.05, 4.69) is 27.3 Å². The smallest absolute Gasteiger partial charge is 0.254 e. The highest BCUT2D eigenvalue weighted by Gasteiger charge is 2.35. The zero-order valence-corrected chi connectivity index (χ0v) is 18.5. The van der Waals surface area contributed by atoms with E-state index in [-0.39, 0.29) is 18.4 Å². The van der Waals surface area contributed by atoms with Crippen LogP contribution >= 0.6 is 0 Å². The summed E-state index contributed by atoms with van der Waals surface area (Å²) in [6.45, 7) is 4.74. The average molecular weight is 436 g/mol. The second-order valence-corrected chi connectivity index (χ2v) is 8.09. The molecule has 1 unspecified atom stereocenters. The van der Waals surface area contributed by atoms with E-state index in [1.165, 1.54) is 5.56 Å². The van der Waals surface area contributed by atoms with Gasteiger partial charge < -0.3 is 19.9 Å². The Morgan fingerprint density at radius 2 is 1.94 bits per heavy atom. The van der Waals surface area contributed by atoms with Crippen molar-refractivity contribution in [3.63, 3.8) is 0 Å². The summed E-state index contributed by atoms with van der Waals surface area (Å²) >= 11 is 0. The Hall–Kier alpha value is -3.23. The zero-order valence-electron chi connectivity index (χ0n) is 18.5. The molecule has 0 radical (unpaired) electrons. The summed E-state index contributed by atoms with van der Waals surface area (Å²) in [5, 5.41) is 12.0. The van der Waals surface area contributed by atoms with Gasteiger partial charge in [-0.2, -0.15) is 0 Å². The van der Waals surface area contributed by atoms with Crippen LogP contribution in [0.5, 0.6) is 0 Å². The van der Waals surface area contributed by atoms with Crippen LogP contribution in [0.15, 0.2) is 48.5 Å². The fraction of sp³-hybridized carbons (Fsp3) is 0.375. The Balaban J connectivity index is 1.56. The second-order valence-electron chi connectivity index (χ2n) is 8.09. The number of piperazine rings is 1. The van der Waals surface area contributed by atoms with Gasteiger partial charge in [-0.3, -0.25) is 14.5 Å². The van der Waals surface area contributed by atoms with Gasteiger partial charge in [-0.15, -0.1) is 0 Å². The molecule has 3 aromatic rings. The van der Waals surface area contributed by atoms with Gasteiger partial charge in [0.25, 0.3) is 5.91 Å². The molecule has 0 aliphatic carbocycles. The van der Waals surface area contributed by atoms with E-state index in [1.807, 2.05) is 35.8 Å². The first kappa shape index (κ1) is 22.0. The molecule has 2 amide bonds. The molecule has 2 aromatic carbocycles. The number of benzene rings is 2. The maximum absolute atomic E-state index is 13.4. The number of rotatable bonds is 6. The molecule has 8 heteroatoms. The number of imidazole rings is 1. The van der Waals surface area contributed by atoms with Crippen LogP contribution in [-0.2, 0) is 17.9 Å². The number of aliphatic hydroxyl groups excluding tert-OH is 1. The third-order valence-corrected chi connectivity index (χ3v) is 6.03. The maximum Gasteiger partial charge on any atom is 0.254 e. The van der Waals surface area contributed by atoms with Gasteiger partial charge >= 0.3 is 0 Å². The van der Waals surface area contributed by atoms with E-state index in [1.54, 1.807) is 24.1 Å². The average Bonchev–Trinajstić information content (AvgIpc) is 3.13. The molecule has 1 atom stereocenters. The van der Waals surface area contributed by atoms with Crippen molar-refractivity contribution in [2.24, 2.45) is 0 Å². The molecule has 1 aliphatic rings. The molecule has 1 aromatic heterocycles. The van der Waals surface area contributed by atoms with Gasteiger partial charge in [0.1, 0.15) is 11.9 Å². The van der Waals surface area contributed by atoms with Gasteiger partial charge in [0.2, 0.25) is 5.91 Å². The van der Waals surface area contributed by atoms with E-state index in [9.17, 15) is 14.7 Å². The van der Waals surface area contributed by atoms with Gasteiger partial charge in [-0.25, -0.2) is 4.98 Å². The van der Waals surface area contributed by atoms with Crippen molar-refractivity contribution in [1.82, 2.24) is 24.7 Å². The zero-order chi connectivity index (χ0) is 22.7. The number of nitrogens with zero attached hydrogens (tertiary/aromatic N) is 4. The molecule has 1 saturated heterocycles. The van der Waals surface area contributed by atoms with Crippen molar-refractivity contribution in [2.45, 2.75) is 26.1 Å². The first-order chi connectivity index (χ1) is 15.5. The lowest BCUT2D eigenvalue weighted by molar-refractivity contribution is -0.127. The third-order valence-electron chi connectivity index (χ3n) is 6.03. The van der Waals surface area contributed by atoms with Gasteiger partial charge in [-0.1, -0.05) is 30.3 Å². The van der Waals surface area contributed by atoms with Crippen molar-refractivity contribution < 1.29 is 14.7 Å². The number of hydrogen-bond donors (Lipinski definition) is 2. The highest BCUT2D eigenvalue weighted by Crippen LogP contribution is 2.21. The molecule has 4 rings (SSSR count). The van der Waals surface area contributed by atoms with E-state index < -0.39 is 6.04 Å². The second kappa shape index (κ2) is 9.50. The number of aliphatic hydroxyl groups is 1. The van der Waals surface area contributed by atoms with Crippen LogP contribution in [0, 0.1) is 6.92 Å². The number of likely N-dealkylation sites (N-methyl/N-ethyl adjacent to an activating group) is 1. The summed E-state index contributed by atoms with van der Waals surface area (Å²) in [4.78, 5) is 34.5. The lowest BCUT2D eigenvalue weighted by Gasteiger charge is -2.40. The van der Waals surface area contributed by atoms with E-state index in [0.717, 1.165) is 17.9 Å². The minimum absolute atomic E-state index is 0.0219. The normalized spacial score (nSPS) is 17.0. The van der Waals surface area contributed by atoms with Crippen LogP contribution in [0.25, 0.3) is 11.0 Å². The van der Waals surface area contributed by atoms with Crippen molar-refractivity contribution in [3.8, 4) is 0 Å². The van der Waals surface area contributed by atoms with Crippen molar-refractivity contribution in [1.29, 1.82) is 0 Å². The molecule has 2 N–H and O–H groups in total. The Kier molecular flexibility index (Phi) is 6.53. The highest BCUT2D eigenvalue weighted by molar-refractivity contribution is 6.00. The van der Waals surface area contributed by atoms with Gasteiger partial charge in [0, 0.05) is 45.3 Å². The minimum Gasteiger partial charge on any atom is -0.395 e. The number of carbonyl (C=O) groups is 2. The van der Waals surface area contributed by atoms with Crippen LogP contribution < -0.4 is 5.32 Å². The first-order valence-corrected chi connectivity index (χ1v) is 10.9. The van der Waals surface area contributed by atoms with Crippen LogP contribution in [0.4, 0.5) is 0 Å². The Morgan fingerprint density at radius 3 is 2.66 bits per heavy atom. The molecular formula is C24H29N5O3. The quantitative estimate of drug-likeness (QED) is 0.611. The van der Waals surface area contributed by atoms with E-state index >= 15 is 0 Å². The number of aromatic nitrogens is 2. The van der Waals surface area contributed by atoms with E-state index in [0.29, 0.717) is 37.3 Å². The standard InChI is InChI=1S/C24H29N5O3/c1-17-26-20-14-19(8-9-21(20)28(17)12-13-30)24(32)29-11-10-27(16-22(29)23(31)25-2)15-18-6-4-3-5-7-18/h3-9,14,22,30H,10-13,15-16H2,1-2H3,(H,25,31). The summed E-state index contributed by atoms with van der Waals surface area (Å²) in [7, 11) is 1.60. The Bertz CT molecular complexity index is 1110.